The topological polar surface area (TPSA) is 70.3 Å². The Labute approximate surface area is 114 Å². The van der Waals surface area contributed by atoms with E-state index in [1.807, 2.05) is 12.3 Å². The van der Waals surface area contributed by atoms with E-state index >= 15 is 0 Å². The van der Waals surface area contributed by atoms with Crippen molar-refractivity contribution >= 4 is 0 Å². The van der Waals surface area contributed by atoms with Crippen LogP contribution in [0.5, 0.6) is 0 Å². The second kappa shape index (κ2) is 7.62. The molecule has 3 atom stereocenters. The summed E-state index contributed by atoms with van der Waals surface area (Å²) in [5.74, 6) is 0.986. The van der Waals surface area contributed by atoms with Gasteiger partial charge in [-0.05, 0) is 37.3 Å². The molecule has 5 nitrogen and oxygen atoms in total. The van der Waals surface area contributed by atoms with Crippen molar-refractivity contribution in [2.45, 2.75) is 38.3 Å². The third-order valence-electron chi connectivity index (χ3n) is 4.04. The summed E-state index contributed by atoms with van der Waals surface area (Å²) >= 11 is 0. The summed E-state index contributed by atoms with van der Waals surface area (Å²) in [7, 11) is 0. The quantitative estimate of drug-likeness (QED) is 0.678. The van der Waals surface area contributed by atoms with Crippen LogP contribution in [0, 0.1) is 11.8 Å². The first-order valence-corrected chi connectivity index (χ1v) is 7.26. The smallest absolute Gasteiger partial charge is 0.0860 e. The Morgan fingerprint density at radius 1 is 1.32 bits per heavy atom. The van der Waals surface area contributed by atoms with Crippen LogP contribution in [-0.4, -0.2) is 45.8 Å². The van der Waals surface area contributed by atoms with Crippen LogP contribution in [0.3, 0.4) is 0 Å². The predicted molar refractivity (Wildman–Crippen MR) is 73.6 cm³/mol. The van der Waals surface area contributed by atoms with E-state index in [2.05, 4.69) is 10.4 Å². The van der Waals surface area contributed by atoms with Gasteiger partial charge in [-0.2, -0.15) is 5.10 Å². The van der Waals surface area contributed by atoms with E-state index in [1.165, 1.54) is 19.3 Å². The lowest BCUT2D eigenvalue weighted by molar-refractivity contribution is 0.119. The molecule has 0 aliphatic heterocycles. The second-order valence-electron chi connectivity index (χ2n) is 5.53. The fourth-order valence-corrected chi connectivity index (χ4v) is 2.92. The molecule has 1 saturated carbocycles. The monoisotopic (exact) mass is 267 g/mol. The third kappa shape index (κ3) is 4.60. The van der Waals surface area contributed by atoms with Crippen LogP contribution in [0.25, 0.3) is 0 Å². The maximum Gasteiger partial charge on any atom is 0.0860 e. The van der Waals surface area contributed by atoms with E-state index in [-0.39, 0.29) is 0 Å². The molecule has 2 rings (SSSR count). The molecule has 1 aliphatic rings. The summed E-state index contributed by atoms with van der Waals surface area (Å²) in [6.45, 7) is 2.28. The zero-order valence-corrected chi connectivity index (χ0v) is 11.4. The van der Waals surface area contributed by atoms with Crippen LogP contribution in [-0.2, 0) is 6.54 Å². The molecule has 1 aliphatic carbocycles. The first kappa shape index (κ1) is 14.5. The van der Waals surface area contributed by atoms with E-state index in [1.54, 1.807) is 10.9 Å². The maximum absolute atomic E-state index is 9.90. The summed E-state index contributed by atoms with van der Waals surface area (Å²) in [6.07, 6.45) is 7.98. The van der Waals surface area contributed by atoms with Crippen molar-refractivity contribution in [3.05, 3.63) is 18.5 Å². The predicted octanol–water partition coefficient (Wildman–Crippen LogP) is 0.632. The average Bonchev–Trinajstić information content (AvgIpc) is 2.92. The van der Waals surface area contributed by atoms with Crippen LogP contribution < -0.4 is 5.32 Å². The number of hydrogen-bond acceptors (Lipinski definition) is 4. The van der Waals surface area contributed by atoms with Crippen molar-refractivity contribution in [2.24, 2.45) is 11.8 Å². The van der Waals surface area contributed by atoms with Crippen molar-refractivity contribution in [3.8, 4) is 0 Å². The Balaban J connectivity index is 1.65. The third-order valence-corrected chi connectivity index (χ3v) is 4.04. The molecule has 0 bridgehead atoms. The summed E-state index contributed by atoms with van der Waals surface area (Å²) in [6, 6.07) is 1.86. The van der Waals surface area contributed by atoms with E-state index in [0.29, 0.717) is 31.5 Å². The molecule has 108 valence electrons. The highest BCUT2D eigenvalue weighted by atomic mass is 16.3. The van der Waals surface area contributed by atoms with Gasteiger partial charge in [0.2, 0.25) is 0 Å². The van der Waals surface area contributed by atoms with Crippen LogP contribution in [0.4, 0.5) is 0 Å². The zero-order chi connectivity index (χ0) is 13.5. The van der Waals surface area contributed by atoms with Gasteiger partial charge in [0.1, 0.15) is 0 Å². The van der Waals surface area contributed by atoms with E-state index in [0.717, 1.165) is 13.0 Å². The van der Waals surface area contributed by atoms with Gasteiger partial charge in [-0.15, -0.1) is 0 Å². The molecule has 3 unspecified atom stereocenters. The first-order chi connectivity index (χ1) is 9.29. The van der Waals surface area contributed by atoms with Crippen molar-refractivity contribution in [1.29, 1.82) is 0 Å². The van der Waals surface area contributed by atoms with Gasteiger partial charge < -0.3 is 15.5 Å². The Kier molecular flexibility index (Phi) is 5.82. The SMILES string of the molecule is OCC1CCCCC1CNCC(O)Cn1cccn1. The van der Waals surface area contributed by atoms with Crippen molar-refractivity contribution in [1.82, 2.24) is 15.1 Å². The number of nitrogens with one attached hydrogen (secondary N) is 1. The minimum atomic E-state index is -0.420. The Morgan fingerprint density at radius 3 is 2.79 bits per heavy atom. The number of rotatable bonds is 7. The van der Waals surface area contributed by atoms with Crippen LogP contribution in [0.2, 0.25) is 0 Å². The molecule has 1 aromatic rings. The van der Waals surface area contributed by atoms with Crippen LogP contribution in [0.1, 0.15) is 25.7 Å². The molecule has 5 heteroatoms. The minimum Gasteiger partial charge on any atom is -0.396 e. The summed E-state index contributed by atoms with van der Waals surface area (Å²) in [5.41, 5.74) is 0. The normalized spacial score (nSPS) is 25.4. The Bertz CT molecular complexity index is 342. The summed E-state index contributed by atoms with van der Waals surface area (Å²) < 4.78 is 1.74. The molecule has 0 spiro atoms. The molecule has 0 saturated heterocycles. The van der Waals surface area contributed by atoms with Gasteiger partial charge in [-0.1, -0.05) is 12.8 Å². The molecule has 3 N–H and O–H groups in total. The fraction of sp³-hybridized carbons (Fsp3) is 0.786. The highest BCUT2D eigenvalue weighted by molar-refractivity contribution is 4.80. The van der Waals surface area contributed by atoms with Crippen LogP contribution in [0.15, 0.2) is 18.5 Å². The van der Waals surface area contributed by atoms with Gasteiger partial charge in [0, 0.05) is 25.5 Å². The number of aromatic nitrogens is 2. The first-order valence-electron chi connectivity index (χ1n) is 7.26. The molecule has 0 aromatic carbocycles. The van der Waals surface area contributed by atoms with E-state index in [4.69, 9.17) is 0 Å². The molecule has 19 heavy (non-hydrogen) atoms. The average molecular weight is 267 g/mol. The Morgan fingerprint density at radius 2 is 2.11 bits per heavy atom. The number of aliphatic hydroxyl groups excluding tert-OH is 2. The van der Waals surface area contributed by atoms with Gasteiger partial charge >= 0.3 is 0 Å². The standard InChI is InChI=1S/C14H25N3O2/c18-11-13-5-2-1-4-12(13)8-15-9-14(19)10-17-7-3-6-16-17/h3,6-7,12-15,18-19H,1-2,4-5,8-11H2. The largest absolute Gasteiger partial charge is 0.396 e. The number of hydrogen-bond donors (Lipinski definition) is 3. The van der Waals surface area contributed by atoms with Gasteiger partial charge in [0.25, 0.3) is 0 Å². The zero-order valence-electron chi connectivity index (χ0n) is 11.4. The number of aliphatic hydroxyl groups is 2. The molecule has 1 heterocycles. The molecule has 0 amide bonds. The van der Waals surface area contributed by atoms with Gasteiger partial charge in [0.05, 0.1) is 12.6 Å². The van der Waals surface area contributed by atoms with E-state index in [9.17, 15) is 10.2 Å². The highest BCUT2D eigenvalue weighted by Crippen LogP contribution is 2.28. The molecule has 0 radical (unpaired) electrons. The van der Waals surface area contributed by atoms with Gasteiger partial charge in [-0.25, -0.2) is 0 Å². The lowest BCUT2D eigenvalue weighted by Gasteiger charge is -2.30. The van der Waals surface area contributed by atoms with Gasteiger partial charge in [-0.3, -0.25) is 4.68 Å². The molecule has 1 fully saturated rings. The van der Waals surface area contributed by atoms with E-state index < -0.39 is 6.10 Å². The summed E-state index contributed by atoms with van der Waals surface area (Å²) in [4.78, 5) is 0. The lowest BCUT2D eigenvalue weighted by Crippen LogP contribution is -2.37. The van der Waals surface area contributed by atoms with Gasteiger partial charge in [0.15, 0.2) is 0 Å². The second-order valence-corrected chi connectivity index (χ2v) is 5.53. The molecular weight excluding hydrogens is 242 g/mol. The van der Waals surface area contributed by atoms with Crippen molar-refractivity contribution in [2.75, 3.05) is 19.7 Å². The minimum absolute atomic E-state index is 0.294. The number of nitrogens with zero attached hydrogens (tertiary/aromatic N) is 2. The summed E-state index contributed by atoms with van der Waals surface area (Å²) in [5, 5.41) is 26.7. The lowest BCUT2D eigenvalue weighted by atomic mass is 9.79. The van der Waals surface area contributed by atoms with Crippen LogP contribution >= 0.6 is 0 Å². The maximum atomic E-state index is 9.90. The Hall–Kier alpha value is -0.910. The molecule has 1 aromatic heterocycles. The highest BCUT2D eigenvalue weighted by Gasteiger charge is 2.24. The molecular formula is C14H25N3O2. The fourth-order valence-electron chi connectivity index (χ4n) is 2.92. The van der Waals surface area contributed by atoms with Crippen molar-refractivity contribution in [3.63, 3.8) is 0 Å². The van der Waals surface area contributed by atoms with Crippen molar-refractivity contribution < 1.29 is 10.2 Å².